The standard InChI is InChI=1S/C21H24N6O2/c1-26-18-8-10-27(14-15-11-22-21(23-12-15)24-13-19(28)29)9-7-17(18)20(25-26)16-5-3-2-4-6-16/h2-6,11-12H,7-10,13-14H2,1H3,(H,28,29)(H,22,23,24). The number of carboxylic acids is 1. The molecule has 2 N–H and O–H groups in total. The monoisotopic (exact) mass is 392 g/mol. The quantitative estimate of drug-likeness (QED) is 0.662. The molecular formula is C21H24N6O2. The lowest BCUT2D eigenvalue weighted by Gasteiger charge is -2.19. The number of fused-ring (bicyclic) bond motifs is 1. The fourth-order valence-corrected chi connectivity index (χ4v) is 3.75. The third-order valence-corrected chi connectivity index (χ3v) is 5.17. The first-order valence-electron chi connectivity index (χ1n) is 9.69. The molecular weight excluding hydrogens is 368 g/mol. The van der Waals surface area contributed by atoms with Gasteiger partial charge in [-0.15, -0.1) is 0 Å². The first kappa shape index (κ1) is 19.1. The second-order valence-corrected chi connectivity index (χ2v) is 7.20. The van der Waals surface area contributed by atoms with Crippen LogP contribution in [-0.2, 0) is 31.2 Å². The fourth-order valence-electron chi connectivity index (χ4n) is 3.75. The van der Waals surface area contributed by atoms with E-state index in [4.69, 9.17) is 10.2 Å². The van der Waals surface area contributed by atoms with Gasteiger partial charge in [0, 0.05) is 67.9 Å². The number of anilines is 1. The van der Waals surface area contributed by atoms with Crippen LogP contribution < -0.4 is 5.32 Å². The number of carboxylic acid groups (broad SMARTS) is 1. The number of nitrogens with zero attached hydrogens (tertiary/aromatic N) is 5. The third-order valence-electron chi connectivity index (χ3n) is 5.17. The summed E-state index contributed by atoms with van der Waals surface area (Å²) in [4.78, 5) is 21.4. The third kappa shape index (κ3) is 4.43. The van der Waals surface area contributed by atoms with Gasteiger partial charge in [-0.25, -0.2) is 9.97 Å². The van der Waals surface area contributed by atoms with E-state index in [1.807, 2.05) is 29.9 Å². The summed E-state index contributed by atoms with van der Waals surface area (Å²) in [7, 11) is 2.03. The molecule has 0 fully saturated rings. The summed E-state index contributed by atoms with van der Waals surface area (Å²) in [6, 6.07) is 10.4. The molecule has 0 atom stereocenters. The number of hydrogen-bond acceptors (Lipinski definition) is 6. The summed E-state index contributed by atoms with van der Waals surface area (Å²) in [5, 5.41) is 16.2. The maximum Gasteiger partial charge on any atom is 0.322 e. The van der Waals surface area contributed by atoms with Crippen LogP contribution in [0.3, 0.4) is 0 Å². The van der Waals surface area contributed by atoms with Crippen molar-refractivity contribution in [2.75, 3.05) is 25.0 Å². The molecule has 8 nitrogen and oxygen atoms in total. The number of aliphatic carboxylic acids is 1. The molecule has 150 valence electrons. The minimum absolute atomic E-state index is 0.193. The Balaban J connectivity index is 1.43. The lowest BCUT2D eigenvalue weighted by molar-refractivity contribution is -0.134. The Hall–Kier alpha value is -3.26. The Labute approximate surface area is 169 Å². The predicted octanol–water partition coefficient (Wildman–Crippen LogP) is 1.97. The molecule has 0 saturated carbocycles. The molecule has 0 amide bonds. The Bertz CT molecular complexity index is 984. The van der Waals surface area contributed by atoms with Gasteiger partial charge < -0.3 is 10.4 Å². The molecule has 2 aromatic heterocycles. The average molecular weight is 392 g/mol. The number of hydrogen-bond donors (Lipinski definition) is 2. The second kappa shape index (κ2) is 8.40. The molecule has 1 aromatic carbocycles. The zero-order valence-corrected chi connectivity index (χ0v) is 16.4. The van der Waals surface area contributed by atoms with E-state index in [0.717, 1.165) is 49.3 Å². The molecule has 0 saturated heterocycles. The lowest BCUT2D eigenvalue weighted by Crippen LogP contribution is -2.26. The molecule has 3 heterocycles. The van der Waals surface area contributed by atoms with Gasteiger partial charge >= 0.3 is 5.97 Å². The van der Waals surface area contributed by atoms with Crippen LogP contribution in [0.4, 0.5) is 5.95 Å². The molecule has 0 aliphatic carbocycles. The highest BCUT2D eigenvalue weighted by Crippen LogP contribution is 2.28. The predicted molar refractivity (Wildman–Crippen MR) is 109 cm³/mol. The molecule has 3 aromatic rings. The van der Waals surface area contributed by atoms with Crippen LogP contribution in [0.1, 0.15) is 16.8 Å². The summed E-state index contributed by atoms with van der Waals surface area (Å²) in [6.45, 7) is 2.46. The molecule has 1 aliphatic rings. The van der Waals surface area contributed by atoms with Crippen LogP contribution in [-0.4, -0.2) is 55.4 Å². The molecule has 8 heteroatoms. The number of nitrogens with one attached hydrogen (secondary N) is 1. The summed E-state index contributed by atoms with van der Waals surface area (Å²) in [5.41, 5.74) is 5.90. The van der Waals surface area contributed by atoms with Crippen molar-refractivity contribution in [1.29, 1.82) is 0 Å². The van der Waals surface area contributed by atoms with E-state index < -0.39 is 5.97 Å². The first-order valence-corrected chi connectivity index (χ1v) is 9.69. The van der Waals surface area contributed by atoms with Crippen molar-refractivity contribution in [1.82, 2.24) is 24.6 Å². The van der Waals surface area contributed by atoms with Crippen molar-refractivity contribution in [3.63, 3.8) is 0 Å². The van der Waals surface area contributed by atoms with Crippen molar-refractivity contribution >= 4 is 11.9 Å². The fraction of sp³-hybridized carbons (Fsp3) is 0.333. The molecule has 29 heavy (non-hydrogen) atoms. The number of carbonyl (C=O) groups is 1. The van der Waals surface area contributed by atoms with E-state index in [9.17, 15) is 4.79 Å². The van der Waals surface area contributed by atoms with Crippen LogP contribution in [0.25, 0.3) is 11.3 Å². The Morgan fingerprint density at radius 3 is 2.59 bits per heavy atom. The molecule has 0 unspecified atom stereocenters. The largest absolute Gasteiger partial charge is 0.480 e. The minimum atomic E-state index is -0.939. The SMILES string of the molecule is Cn1nc(-c2ccccc2)c2c1CCN(Cc1cnc(NCC(=O)O)nc1)CC2. The molecule has 0 bridgehead atoms. The zero-order chi connectivity index (χ0) is 20.2. The highest BCUT2D eigenvalue weighted by atomic mass is 16.4. The van der Waals surface area contributed by atoms with E-state index in [1.165, 1.54) is 11.3 Å². The topological polar surface area (TPSA) is 96.2 Å². The molecule has 1 aliphatic heterocycles. The smallest absolute Gasteiger partial charge is 0.322 e. The van der Waals surface area contributed by atoms with Crippen molar-refractivity contribution < 1.29 is 9.90 Å². The zero-order valence-electron chi connectivity index (χ0n) is 16.4. The van der Waals surface area contributed by atoms with Gasteiger partial charge in [-0.3, -0.25) is 14.4 Å². The molecule has 0 radical (unpaired) electrons. The highest BCUT2D eigenvalue weighted by molar-refractivity contribution is 5.71. The van der Waals surface area contributed by atoms with Crippen LogP contribution in [0.2, 0.25) is 0 Å². The van der Waals surface area contributed by atoms with Gasteiger partial charge in [0.05, 0.1) is 5.69 Å². The first-order chi connectivity index (χ1) is 14.1. The summed E-state index contributed by atoms with van der Waals surface area (Å²) in [6.07, 6.45) is 5.41. The summed E-state index contributed by atoms with van der Waals surface area (Å²) < 4.78 is 2.02. The van der Waals surface area contributed by atoms with Crippen molar-refractivity contribution in [2.45, 2.75) is 19.4 Å². The van der Waals surface area contributed by atoms with E-state index >= 15 is 0 Å². The molecule has 0 spiro atoms. The Morgan fingerprint density at radius 2 is 1.86 bits per heavy atom. The van der Waals surface area contributed by atoms with Gasteiger partial charge in [-0.2, -0.15) is 5.10 Å². The van der Waals surface area contributed by atoms with Crippen molar-refractivity contribution in [3.05, 3.63) is 59.5 Å². The van der Waals surface area contributed by atoms with Gasteiger partial charge in [0.15, 0.2) is 0 Å². The van der Waals surface area contributed by atoms with Gasteiger partial charge in [-0.05, 0) is 6.42 Å². The average Bonchev–Trinajstić information content (AvgIpc) is 2.90. The minimum Gasteiger partial charge on any atom is -0.480 e. The number of aryl methyl sites for hydroxylation is 1. The van der Waals surface area contributed by atoms with Gasteiger partial charge in [0.25, 0.3) is 0 Å². The maximum atomic E-state index is 10.6. The van der Waals surface area contributed by atoms with Crippen LogP contribution in [0, 0.1) is 0 Å². The second-order valence-electron chi connectivity index (χ2n) is 7.20. The highest BCUT2D eigenvalue weighted by Gasteiger charge is 2.22. The normalized spacial score (nSPS) is 14.2. The maximum absolute atomic E-state index is 10.6. The summed E-state index contributed by atoms with van der Waals surface area (Å²) >= 11 is 0. The van der Waals surface area contributed by atoms with Crippen LogP contribution in [0.15, 0.2) is 42.7 Å². The Kier molecular flexibility index (Phi) is 5.53. The van der Waals surface area contributed by atoms with Gasteiger partial charge in [0.1, 0.15) is 6.54 Å². The van der Waals surface area contributed by atoms with Crippen LogP contribution in [0.5, 0.6) is 0 Å². The van der Waals surface area contributed by atoms with E-state index in [0.29, 0.717) is 5.95 Å². The number of benzene rings is 1. The van der Waals surface area contributed by atoms with Crippen LogP contribution >= 0.6 is 0 Å². The van der Waals surface area contributed by atoms with Gasteiger partial charge in [-0.1, -0.05) is 30.3 Å². The van der Waals surface area contributed by atoms with E-state index in [2.05, 4.69) is 32.3 Å². The molecule has 4 rings (SSSR count). The lowest BCUT2D eigenvalue weighted by atomic mass is 10.0. The van der Waals surface area contributed by atoms with E-state index in [-0.39, 0.29) is 6.54 Å². The number of aromatic nitrogens is 4. The van der Waals surface area contributed by atoms with E-state index in [1.54, 1.807) is 12.4 Å². The van der Waals surface area contributed by atoms with Crippen molar-refractivity contribution in [2.24, 2.45) is 7.05 Å². The van der Waals surface area contributed by atoms with Gasteiger partial charge in [0.2, 0.25) is 5.95 Å². The number of rotatable bonds is 6. The summed E-state index contributed by atoms with van der Waals surface area (Å²) in [5.74, 6) is -0.607. The van der Waals surface area contributed by atoms with Crippen molar-refractivity contribution in [3.8, 4) is 11.3 Å². The Morgan fingerprint density at radius 1 is 1.14 bits per heavy atom.